The predicted octanol–water partition coefficient (Wildman–Crippen LogP) is 5.11. The van der Waals surface area contributed by atoms with Gasteiger partial charge in [-0.3, -0.25) is 0 Å². The van der Waals surface area contributed by atoms with Crippen molar-refractivity contribution >= 4 is 17.4 Å². The Hall–Kier alpha value is -2.92. The fourth-order valence-corrected chi connectivity index (χ4v) is 4.96. The lowest BCUT2D eigenvalue weighted by atomic mass is 9.83. The van der Waals surface area contributed by atoms with Crippen LogP contribution in [0.1, 0.15) is 28.2 Å². The molecular formula is C29H28ClFNO2+. The summed E-state index contributed by atoms with van der Waals surface area (Å²) < 4.78 is 25.9. The van der Waals surface area contributed by atoms with Crippen LogP contribution in [0.3, 0.4) is 0 Å². The van der Waals surface area contributed by atoms with E-state index >= 15 is 0 Å². The monoisotopic (exact) mass is 476 g/mol. The van der Waals surface area contributed by atoms with Crippen LogP contribution in [0.2, 0.25) is 0 Å². The molecule has 3 aromatic carbocycles. The maximum atomic E-state index is 13.8. The van der Waals surface area contributed by atoms with E-state index in [0.717, 1.165) is 60.9 Å². The van der Waals surface area contributed by atoms with E-state index in [4.69, 9.17) is 21.1 Å². The van der Waals surface area contributed by atoms with Crippen molar-refractivity contribution in [1.82, 2.24) is 0 Å². The van der Waals surface area contributed by atoms with Crippen LogP contribution in [0.4, 0.5) is 4.39 Å². The van der Waals surface area contributed by atoms with Crippen molar-refractivity contribution in [1.29, 1.82) is 0 Å². The van der Waals surface area contributed by atoms with E-state index in [-0.39, 0.29) is 11.7 Å². The van der Waals surface area contributed by atoms with Crippen LogP contribution in [0.15, 0.2) is 89.5 Å². The zero-order valence-electron chi connectivity index (χ0n) is 19.2. The van der Waals surface area contributed by atoms with Gasteiger partial charge in [0.15, 0.2) is 5.76 Å². The molecule has 0 saturated carbocycles. The van der Waals surface area contributed by atoms with Gasteiger partial charge in [-0.15, -0.1) is 0 Å². The molecule has 0 aliphatic carbocycles. The fourth-order valence-electron chi connectivity index (χ4n) is 4.62. The Kier molecular flexibility index (Phi) is 6.82. The number of nitrogens with one attached hydrogen (secondary N) is 1. The van der Waals surface area contributed by atoms with E-state index in [1.54, 1.807) is 0 Å². The lowest BCUT2D eigenvalue weighted by Gasteiger charge is -2.24. The first-order valence-electron chi connectivity index (χ1n) is 11.7. The van der Waals surface area contributed by atoms with Gasteiger partial charge < -0.3 is 14.4 Å². The van der Waals surface area contributed by atoms with Gasteiger partial charge in [-0.25, -0.2) is 4.39 Å². The van der Waals surface area contributed by atoms with Gasteiger partial charge in [0.1, 0.15) is 24.7 Å². The van der Waals surface area contributed by atoms with E-state index in [9.17, 15) is 4.39 Å². The molecule has 1 atom stereocenters. The van der Waals surface area contributed by atoms with Crippen molar-refractivity contribution in [3.05, 3.63) is 118 Å². The summed E-state index contributed by atoms with van der Waals surface area (Å²) in [6, 6.07) is 22.9. The van der Waals surface area contributed by atoms with Crippen molar-refractivity contribution < 1.29 is 18.8 Å². The van der Waals surface area contributed by atoms with Gasteiger partial charge in [0, 0.05) is 17.0 Å². The van der Waals surface area contributed by atoms with Crippen molar-refractivity contribution in [3.8, 4) is 5.75 Å². The number of benzene rings is 3. The molecule has 1 saturated heterocycles. The number of aryl methyl sites for hydroxylation is 1. The summed E-state index contributed by atoms with van der Waals surface area (Å²) in [4.78, 5) is 1.46. The van der Waals surface area contributed by atoms with Crippen LogP contribution >= 0.6 is 11.6 Å². The van der Waals surface area contributed by atoms with Crippen LogP contribution in [0, 0.1) is 12.7 Å². The Morgan fingerprint density at radius 3 is 2.41 bits per heavy atom. The maximum absolute atomic E-state index is 13.8. The topological polar surface area (TPSA) is 22.9 Å². The lowest BCUT2D eigenvalue weighted by Crippen LogP contribution is -3.13. The zero-order chi connectivity index (χ0) is 23.5. The smallest absolute Gasteiger partial charge is 0.153 e. The second kappa shape index (κ2) is 10.1. The highest BCUT2D eigenvalue weighted by atomic mass is 35.5. The molecule has 174 valence electrons. The molecular weight excluding hydrogens is 449 g/mol. The van der Waals surface area contributed by atoms with Gasteiger partial charge in [0.25, 0.3) is 0 Å². The van der Waals surface area contributed by atoms with E-state index in [2.05, 4.69) is 31.2 Å². The number of quaternary nitrogens is 1. The quantitative estimate of drug-likeness (QED) is 0.565. The largest absolute Gasteiger partial charge is 0.455 e. The van der Waals surface area contributed by atoms with E-state index < -0.39 is 0 Å². The Balaban J connectivity index is 1.68. The van der Waals surface area contributed by atoms with Crippen molar-refractivity contribution in [2.24, 2.45) is 0 Å². The Bertz CT molecular complexity index is 1210. The highest BCUT2D eigenvalue weighted by Crippen LogP contribution is 2.47. The van der Waals surface area contributed by atoms with Crippen LogP contribution < -0.4 is 9.64 Å². The highest BCUT2D eigenvalue weighted by Gasteiger charge is 2.31. The number of halogens is 2. The molecule has 1 fully saturated rings. The number of hydrogen-bond donors (Lipinski definition) is 1. The number of hydrogen-bond acceptors (Lipinski definition) is 2. The molecule has 3 nitrogen and oxygen atoms in total. The van der Waals surface area contributed by atoms with E-state index in [0.29, 0.717) is 10.8 Å². The first kappa shape index (κ1) is 22.9. The third kappa shape index (κ3) is 4.80. The van der Waals surface area contributed by atoms with Crippen LogP contribution in [0.5, 0.6) is 5.75 Å². The molecule has 0 radical (unpaired) electrons. The molecule has 5 rings (SSSR count). The first-order chi connectivity index (χ1) is 16.6. The van der Waals surface area contributed by atoms with Crippen molar-refractivity contribution in [3.63, 3.8) is 0 Å². The van der Waals surface area contributed by atoms with Gasteiger partial charge in [0.05, 0.1) is 24.8 Å². The van der Waals surface area contributed by atoms with Crippen LogP contribution in [-0.2, 0) is 4.74 Å². The number of ether oxygens (including phenoxy) is 2. The minimum Gasteiger partial charge on any atom is -0.455 e. The first-order valence-corrected chi connectivity index (χ1v) is 12.1. The number of rotatable bonds is 4. The second-order valence-corrected chi connectivity index (χ2v) is 9.24. The van der Waals surface area contributed by atoms with Gasteiger partial charge in [-0.05, 0) is 42.3 Å². The molecule has 2 aliphatic rings. The average molecular weight is 477 g/mol. The summed E-state index contributed by atoms with van der Waals surface area (Å²) in [5, 5.41) is 0.585. The lowest BCUT2D eigenvalue weighted by molar-refractivity contribution is -0.902. The van der Waals surface area contributed by atoms with Crippen LogP contribution in [-0.4, -0.2) is 32.8 Å². The van der Waals surface area contributed by atoms with Gasteiger partial charge in [-0.2, -0.15) is 0 Å². The number of morpholine rings is 1. The highest BCUT2D eigenvalue weighted by molar-refractivity contribution is 6.35. The van der Waals surface area contributed by atoms with Gasteiger partial charge >= 0.3 is 0 Å². The molecule has 2 aliphatic heterocycles. The number of allylic oxidation sites excluding steroid dienone is 2. The van der Waals surface area contributed by atoms with Crippen molar-refractivity contribution in [2.45, 2.75) is 12.8 Å². The normalized spacial score (nSPS) is 20.1. The molecule has 0 amide bonds. The Morgan fingerprint density at radius 1 is 0.971 bits per heavy atom. The third-order valence-corrected chi connectivity index (χ3v) is 6.92. The molecule has 1 N–H and O–H groups in total. The zero-order valence-corrected chi connectivity index (χ0v) is 19.9. The molecule has 0 aromatic heterocycles. The standard InChI is InChI=1S/C29H27ClFNO2/c1-20-6-8-22(9-7-20)29-28(30)25(14-15-32-16-18-33-19-17-32)27(21-10-12-23(31)13-11-21)24-4-2-3-5-26(24)34-29/h2-14,27H,15-19H2,1H3/p+1/b25-14-. The maximum Gasteiger partial charge on any atom is 0.153 e. The molecule has 2 heterocycles. The minimum absolute atomic E-state index is 0.173. The molecule has 0 spiro atoms. The molecule has 5 heteroatoms. The summed E-state index contributed by atoms with van der Waals surface area (Å²) >= 11 is 7.19. The summed E-state index contributed by atoms with van der Waals surface area (Å²) in [6.07, 6.45) is 2.23. The average Bonchev–Trinajstić information content (AvgIpc) is 2.99. The molecule has 3 aromatic rings. The molecule has 0 bridgehead atoms. The number of para-hydroxylation sites is 1. The van der Waals surface area contributed by atoms with Crippen molar-refractivity contribution in [2.75, 3.05) is 32.8 Å². The van der Waals surface area contributed by atoms with Gasteiger partial charge in [0.2, 0.25) is 0 Å². The number of fused-ring (bicyclic) bond motifs is 1. The third-order valence-electron chi connectivity index (χ3n) is 6.53. The van der Waals surface area contributed by atoms with E-state index in [1.807, 2.05) is 42.5 Å². The summed E-state index contributed by atoms with van der Waals surface area (Å²) in [7, 11) is 0. The summed E-state index contributed by atoms with van der Waals surface area (Å²) in [5.41, 5.74) is 5.06. The van der Waals surface area contributed by atoms with Gasteiger partial charge in [-0.1, -0.05) is 71.8 Å². The Labute approximate surface area is 205 Å². The summed E-state index contributed by atoms with van der Waals surface area (Å²) in [5.74, 6) is 0.967. The SMILES string of the molecule is Cc1ccc(C2=C(Cl)/C(=C\C[NH+]3CCOCC3)C(c3ccc(F)cc3)c3ccccc3O2)cc1. The predicted molar refractivity (Wildman–Crippen MR) is 134 cm³/mol. The fraction of sp³-hybridized carbons (Fsp3) is 0.241. The molecule has 1 unspecified atom stereocenters. The second-order valence-electron chi connectivity index (χ2n) is 8.86. The van der Waals surface area contributed by atoms with Crippen LogP contribution in [0.25, 0.3) is 5.76 Å². The molecule has 34 heavy (non-hydrogen) atoms. The Morgan fingerprint density at radius 2 is 1.68 bits per heavy atom. The van der Waals surface area contributed by atoms with E-state index in [1.165, 1.54) is 22.6 Å². The summed E-state index contributed by atoms with van der Waals surface area (Å²) in [6.45, 7) is 6.35. The minimum atomic E-state index is -0.257.